The monoisotopic (exact) mass is 267 g/mol. The van der Waals surface area contributed by atoms with Crippen molar-refractivity contribution < 1.29 is 9.47 Å². The van der Waals surface area contributed by atoms with Crippen molar-refractivity contribution in [2.75, 3.05) is 19.8 Å². The predicted molar refractivity (Wildman–Crippen MR) is 73.0 cm³/mol. The van der Waals surface area contributed by atoms with Gasteiger partial charge in [0.2, 0.25) is 0 Å². The van der Waals surface area contributed by atoms with Crippen LogP contribution in [-0.2, 0) is 9.47 Å². The maximum atomic E-state index is 5.97. The molecule has 4 heteroatoms. The molecule has 18 heavy (non-hydrogen) atoms. The van der Waals surface area contributed by atoms with Crippen molar-refractivity contribution in [3.63, 3.8) is 0 Å². The van der Waals surface area contributed by atoms with E-state index in [4.69, 9.17) is 9.47 Å². The Morgan fingerprint density at radius 3 is 3.17 bits per heavy atom. The van der Waals surface area contributed by atoms with E-state index in [0.29, 0.717) is 12.1 Å². The van der Waals surface area contributed by atoms with Crippen LogP contribution < -0.4 is 5.32 Å². The normalized spacial score (nSPS) is 33.9. The molecular formula is C14H21NO2S. The maximum absolute atomic E-state index is 5.97. The SMILES string of the molecule is C[C@@H](NC1CCOC2(CCOC2)C1)c1cccs1. The Bertz CT molecular complexity index is 373. The molecule has 1 N–H and O–H groups in total. The molecule has 2 aliphatic heterocycles. The highest BCUT2D eigenvalue weighted by Gasteiger charge is 2.41. The molecule has 2 aliphatic rings. The van der Waals surface area contributed by atoms with Crippen LogP contribution >= 0.6 is 11.3 Å². The number of hydrogen-bond donors (Lipinski definition) is 1. The fraction of sp³-hybridized carbons (Fsp3) is 0.714. The lowest BCUT2D eigenvalue weighted by molar-refractivity contribution is -0.0902. The summed E-state index contributed by atoms with van der Waals surface area (Å²) >= 11 is 1.82. The van der Waals surface area contributed by atoms with Gasteiger partial charge in [-0.2, -0.15) is 0 Å². The van der Waals surface area contributed by atoms with Crippen molar-refractivity contribution >= 4 is 11.3 Å². The topological polar surface area (TPSA) is 30.5 Å². The van der Waals surface area contributed by atoms with Crippen LogP contribution in [0.4, 0.5) is 0 Å². The molecule has 1 aromatic rings. The molecule has 0 saturated carbocycles. The Morgan fingerprint density at radius 2 is 2.44 bits per heavy atom. The van der Waals surface area contributed by atoms with Gasteiger partial charge in [-0.05, 0) is 31.2 Å². The standard InChI is InChI=1S/C14H21NO2S/c1-11(13-3-2-8-18-13)15-12-4-6-17-14(9-12)5-7-16-10-14/h2-3,8,11-12,15H,4-7,9-10H2,1H3/t11-,12?,14?/m1/s1. The van der Waals surface area contributed by atoms with E-state index in [-0.39, 0.29) is 5.60 Å². The molecule has 2 saturated heterocycles. The zero-order valence-electron chi connectivity index (χ0n) is 10.9. The second-order valence-electron chi connectivity index (χ2n) is 5.43. The van der Waals surface area contributed by atoms with Crippen LogP contribution in [0.2, 0.25) is 0 Å². The van der Waals surface area contributed by atoms with Crippen LogP contribution in [0.5, 0.6) is 0 Å². The highest BCUT2D eigenvalue weighted by molar-refractivity contribution is 7.10. The van der Waals surface area contributed by atoms with Crippen molar-refractivity contribution in [2.24, 2.45) is 0 Å². The molecule has 3 heterocycles. The fourth-order valence-electron chi connectivity index (χ4n) is 3.01. The van der Waals surface area contributed by atoms with Crippen LogP contribution in [0.25, 0.3) is 0 Å². The molecule has 0 bridgehead atoms. The summed E-state index contributed by atoms with van der Waals surface area (Å²) in [5, 5.41) is 5.89. The summed E-state index contributed by atoms with van der Waals surface area (Å²) in [5.74, 6) is 0. The van der Waals surface area contributed by atoms with E-state index in [1.54, 1.807) is 0 Å². The number of nitrogens with one attached hydrogen (secondary N) is 1. The molecule has 2 unspecified atom stereocenters. The Kier molecular flexibility index (Phi) is 3.71. The zero-order chi connectivity index (χ0) is 12.4. The van der Waals surface area contributed by atoms with Crippen LogP contribution in [0, 0.1) is 0 Å². The minimum Gasteiger partial charge on any atom is -0.378 e. The van der Waals surface area contributed by atoms with Crippen molar-refractivity contribution in [1.82, 2.24) is 5.32 Å². The van der Waals surface area contributed by atoms with Gasteiger partial charge in [0.15, 0.2) is 0 Å². The molecular weight excluding hydrogens is 246 g/mol. The fourth-order valence-corrected chi connectivity index (χ4v) is 3.75. The smallest absolute Gasteiger partial charge is 0.0951 e. The van der Waals surface area contributed by atoms with Crippen molar-refractivity contribution in [3.8, 4) is 0 Å². The molecule has 1 aromatic heterocycles. The van der Waals surface area contributed by atoms with Gasteiger partial charge in [0.1, 0.15) is 0 Å². The van der Waals surface area contributed by atoms with Crippen molar-refractivity contribution in [1.29, 1.82) is 0 Å². The highest BCUT2D eigenvalue weighted by atomic mass is 32.1. The lowest BCUT2D eigenvalue weighted by Crippen LogP contribution is -2.47. The van der Waals surface area contributed by atoms with E-state index in [1.807, 2.05) is 11.3 Å². The van der Waals surface area contributed by atoms with Gasteiger partial charge in [0.25, 0.3) is 0 Å². The first-order valence-electron chi connectivity index (χ1n) is 6.79. The molecule has 1 spiro atoms. The molecule has 3 nitrogen and oxygen atoms in total. The molecule has 100 valence electrons. The second kappa shape index (κ2) is 5.29. The van der Waals surface area contributed by atoms with Crippen LogP contribution in [-0.4, -0.2) is 31.5 Å². The van der Waals surface area contributed by atoms with Crippen molar-refractivity contribution in [2.45, 2.75) is 43.9 Å². The lowest BCUT2D eigenvalue weighted by atomic mass is 9.89. The van der Waals surface area contributed by atoms with Gasteiger partial charge in [-0.3, -0.25) is 0 Å². The Balaban J connectivity index is 1.59. The summed E-state index contributed by atoms with van der Waals surface area (Å²) < 4.78 is 11.5. The van der Waals surface area contributed by atoms with Gasteiger partial charge in [0, 0.05) is 36.6 Å². The summed E-state index contributed by atoms with van der Waals surface area (Å²) in [6.45, 7) is 4.74. The average molecular weight is 267 g/mol. The van der Waals surface area contributed by atoms with E-state index < -0.39 is 0 Å². The molecule has 0 radical (unpaired) electrons. The quantitative estimate of drug-likeness (QED) is 0.913. The summed E-state index contributed by atoms with van der Waals surface area (Å²) in [6, 6.07) is 5.31. The third-order valence-corrected chi connectivity index (χ3v) is 5.07. The molecule has 3 atom stereocenters. The van der Waals surface area contributed by atoms with Crippen LogP contribution in [0.1, 0.15) is 37.1 Å². The van der Waals surface area contributed by atoms with Gasteiger partial charge >= 0.3 is 0 Å². The molecule has 2 fully saturated rings. The summed E-state index contributed by atoms with van der Waals surface area (Å²) in [4.78, 5) is 1.42. The maximum Gasteiger partial charge on any atom is 0.0951 e. The first kappa shape index (κ1) is 12.6. The van der Waals surface area contributed by atoms with E-state index in [9.17, 15) is 0 Å². The van der Waals surface area contributed by atoms with E-state index in [1.165, 1.54) is 4.88 Å². The third kappa shape index (κ3) is 2.62. The molecule has 0 amide bonds. The Labute approximate surface area is 112 Å². The van der Waals surface area contributed by atoms with Gasteiger partial charge in [-0.1, -0.05) is 6.07 Å². The minimum atomic E-state index is 0.00505. The molecule has 0 aliphatic carbocycles. The van der Waals surface area contributed by atoms with Crippen molar-refractivity contribution in [3.05, 3.63) is 22.4 Å². The highest BCUT2D eigenvalue weighted by Crippen LogP contribution is 2.33. The van der Waals surface area contributed by atoms with Crippen LogP contribution in [0.3, 0.4) is 0 Å². The van der Waals surface area contributed by atoms with Gasteiger partial charge in [-0.15, -0.1) is 11.3 Å². The van der Waals surface area contributed by atoms with E-state index in [0.717, 1.165) is 39.1 Å². The summed E-state index contributed by atoms with van der Waals surface area (Å²) in [6.07, 6.45) is 3.25. The zero-order valence-corrected chi connectivity index (χ0v) is 11.7. The number of ether oxygens (including phenoxy) is 2. The number of hydrogen-bond acceptors (Lipinski definition) is 4. The summed E-state index contributed by atoms with van der Waals surface area (Å²) in [5.41, 5.74) is 0.00505. The Morgan fingerprint density at radius 1 is 1.50 bits per heavy atom. The largest absolute Gasteiger partial charge is 0.378 e. The van der Waals surface area contributed by atoms with Gasteiger partial charge < -0.3 is 14.8 Å². The third-order valence-electron chi connectivity index (χ3n) is 4.02. The molecule has 3 rings (SSSR count). The lowest BCUT2D eigenvalue weighted by Gasteiger charge is -2.38. The minimum absolute atomic E-state index is 0.00505. The first-order valence-corrected chi connectivity index (χ1v) is 7.67. The van der Waals surface area contributed by atoms with Gasteiger partial charge in [0.05, 0.1) is 12.2 Å². The number of thiophene rings is 1. The second-order valence-corrected chi connectivity index (χ2v) is 6.41. The predicted octanol–water partition coefficient (Wildman–Crippen LogP) is 2.74. The number of rotatable bonds is 3. The van der Waals surface area contributed by atoms with E-state index in [2.05, 4.69) is 29.8 Å². The summed E-state index contributed by atoms with van der Waals surface area (Å²) in [7, 11) is 0. The van der Waals surface area contributed by atoms with E-state index >= 15 is 0 Å². The first-order chi connectivity index (χ1) is 8.77. The molecule has 0 aromatic carbocycles. The van der Waals surface area contributed by atoms with Crippen LogP contribution in [0.15, 0.2) is 17.5 Å². The average Bonchev–Trinajstić information content (AvgIpc) is 3.01. The Hall–Kier alpha value is -0.420. The van der Waals surface area contributed by atoms with Gasteiger partial charge in [-0.25, -0.2) is 0 Å².